The second-order valence-corrected chi connectivity index (χ2v) is 8.32. The van der Waals surface area contributed by atoms with E-state index in [-0.39, 0.29) is 24.2 Å². The van der Waals surface area contributed by atoms with E-state index in [2.05, 4.69) is 15.6 Å². The molecule has 2 aliphatic rings. The van der Waals surface area contributed by atoms with Crippen LogP contribution < -0.4 is 10.2 Å². The zero-order valence-electron chi connectivity index (χ0n) is 17.6. The number of para-hydroxylation sites is 3. The van der Waals surface area contributed by atoms with E-state index in [0.717, 1.165) is 42.6 Å². The van der Waals surface area contributed by atoms with Crippen molar-refractivity contribution in [1.82, 2.24) is 20.3 Å². The molecule has 1 aromatic heterocycles. The molecule has 5 rings (SSSR count). The van der Waals surface area contributed by atoms with Gasteiger partial charge in [0.1, 0.15) is 11.7 Å². The van der Waals surface area contributed by atoms with Crippen LogP contribution in [0, 0.1) is 10.1 Å². The van der Waals surface area contributed by atoms with E-state index in [0.29, 0.717) is 5.69 Å². The van der Waals surface area contributed by atoms with E-state index in [1.165, 1.54) is 12.5 Å². The van der Waals surface area contributed by atoms with Crippen LogP contribution in [0.2, 0.25) is 0 Å². The van der Waals surface area contributed by atoms with Gasteiger partial charge in [-0.1, -0.05) is 54.8 Å². The number of anilines is 1. The SMILES string of the molecule is O=C(NC1CCCCC1)C1c2ccccc2-n2nncc2CN1c1ccccc1[N+](=O)[O-]. The molecule has 1 saturated carbocycles. The van der Waals surface area contributed by atoms with Crippen LogP contribution >= 0.6 is 0 Å². The average molecular weight is 432 g/mol. The number of carbonyl (C=O) groups excluding carboxylic acids is 1. The highest BCUT2D eigenvalue weighted by molar-refractivity contribution is 5.89. The van der Waals surface area contributed by atoms with Crippen molar-refractivity contribution in [2.24, 2.45) is 0 Å². The summed E-state index contributed by atoms with van der Waals surface area (Å²) in [7, 11) is 0. The monoisotopic (exact) mass is 432 g/mol. The largest absolute Gasteiger partial charge is 0.351 e. The third-order valence-corrected chi connectivity index (χ3v) is 6.31. The highest BCUT2D eigenvalue weighted by Gasteiger charge is 2.37. The van der Waals surface area contributed by atoms with Crippen molar-refractivity contribution in [3.8, 4) is 5.69 Å². The molecule has 1 atom stereocenters. The molecule has 2 heterocycles. The molecular weight excluding hydrogens is 408 g/mol. The lowest BCUT2D eigenvalue weighted by Crippen LogP contribution is -2.45. The summed E-state index contributed by atoms with van der Waals surface area (Å²) in [4.78, 5) is 27.0. The van der Waals surface area contributed by atoms with Crippen molar-refractivity contribution in [1.29, 1.82) is 0 Å². The second-order valence-electron chi connectivity index (χ2n) is 8.32. The third kappa shape index (κ3) is 3.59. The molecule has 0 radical (unpaired) electrons. The molecule has 3 aromatic rings. The van der Waals surface area contributed by atoms with Gasteiger partial charge in [-0.25, -0.2) is 4.68 Å². The summed E-state index contributed by atoms with van der Waals surface area (Å²) >= 11 is 0. The number of aromatic nitrogens is 3. The van der Waals surface area contributed by atoms with Crippen LogP contribution in [0.5, 0.6) is 0 Å². The summed E-state index contributed by atoms with van der Waals surface area (Å²) in [6, 6.07) is 13.5. The summed E-state index contributed by atoms with van der Waals surface area (Å²) in [5, 5.41) is 23.3. The molecule has 2 aromatic carbocycles. The van der Waals surface area contributed by atoms with Gasteiger partial charge < -0.3 is 10.2 Å². The average Bonchev–Trinajstić information content (AvgIpc) is 3.22. The van der Waals surface area contributed by atoms with E-state index in [4.69, 9.17) is 0 Å². The molecule has 9 heteroatoms. The first-order chi connectivity index (χ1) is 15.6. The summed E-state index contributed by atoms with van der Waals surface area (Å²) < 4.78 is 1.71. The van der Waals surface area contributed by atoms with Gasteiger partial charge in [0.05, 0.1) is 29.0 Å². The molecule has 1 aliphatic heterocycles. The summed E-state index contributed by atoms with van der Waals surface area (Å²) in [6.07, 6.45) is 6.94. The minimum Gasteiger partial charge on any atom is -0.351 e. The molecule has 1 amide bonds. The quantitative estimate of drug-likeness (QED) is 0.498. The maximum atomic E-state index is 13.8. The Balaban J connectivity index is 1.65. The van der Waals surface area contributed by atoms with Gasteiger partial charge in [-0.15, -0.1) is 5.10 Å². The van der Waals surface area contributed by atoms with E-state index >= 15 is 0 Å². The molecule has 0 spiro atoms. The minimum atomic E-state index is -0.740. The number of fused-ring (bicyclic) bond motifs is 3. The van der Waals surface area contributed by atoms with Crippen molar-refractivity contribution in [2.75, 3.05) is 4.90 Å². The summed E-state index contributed by atoms with van der Waals surface area (Å²) in [5.74, 6) is -0.152. The van der Waals surface area contributed by atoms with Gasteiger partial charge >= 0.3 is 0 Å². The van der Waals surface area contributed by atoms with Crippen molar-refractivity contribution in [2.45, 2.75) is 50.7 Å². The zero-order chi connectivity index (χ0) is 22.1. The molecule has 9 nitrogen and oxygen atoms in total. The van der Waals surface area contributed by atoms with Crippen molar-refractivity contribution in [3.05, 3.63) is 76.1 Å². The number of amides is 1. The third-order valence-electron chi connectivity index (χ3n) is 6.31. The topological polar surface area (TPSA) is 106 Å². The molecule has 32 heavy (non-hydrogen) atoms. The zero-order valence-corrected chi connectivity index (χ0v) is 17.6. The molecule has 0 saturated heterocycles. The Kier molecular flexibility index (Phi) is 5.30. The number of nitro benzene ring substituents is 1. The number of rotatable bonds is 4. The number of benzene rings is 2. The van der Waals surface area contributed by atoms with Crippen LogP contribution in [-0.4, -0.2) is 31.9 Å². The lowest BCUT2D eigenvalue weighted by Gasteiger charge is -2.33. The van der Waals surface area contributed by atoms with Gasteiger partial charge in [0.25, 0.3) is 5.69 Å². The standard InChI is InChI=1S/C23H24N6O3/c30-23(25-16-8-2-1-3-9-16)22-18-10-4-5-11-19(18)28-17(14-24-26-28)15-27(22)20-12-6-7-13-21(20)29(31)32/h4-7,10-14,16,22H,1-3,8-9,15H2,(H,25,30). The maximum absolute atomic E-state index is 13.8. The predicted octanol–water partition coefficient (Wildman–Crippen LogP) is 3.69. The van der Waals surface area contributed by atoms with Crippen molar-refractivity contribution < 1.29 is 9.72 Å². The second kappa shape index (κ2) is 8.41. The van der Waals surface area contributed by atoms with Crippen LogP contribution in [0.15, 0.2) is 54.7 Å². The lowest BCUT2D eigenvalue weighted by atomic mass is 9.94. The van der Waals surface area contributed by atoms with Gasteiger partial charge in [-0.2, -0.15) is 0 Å². The van der Waals surface area contributed by atoms with Gasteiger partial charge in [0.15, 0.2) is 0 Å². The van der Waals surface area contributed by atoms with E-state index < -0.39 is 11.0 Å². The van der Waals surface area contributed by atoms with Crippen LogP contribution in [0.25, 0.3) is 5.69 Å². The van der Waals surface area contributed by atoms with Gasteiger partial charge in [0, 0.05) is 17.7 Å². The van der Waals surface area contributed by atoms with Crippen LogP contribution in [0.1, 0.15) is 49.4 Å². The normalized spacial score (nSPS) is 18.4. The van der Waals surface area contributed by atoms with Gasteiger partial charge in [0.2, 0.25) is 5.91 Å². The van der Waals surface area contributed by atoms with Crippen molar-refractivity contribution in [3.63, 3.8) is 0 Å². The van der Waals surface area contributed by atoms with Crippen LogP contribution in [0.4, 0.5) is 11.4 Å². The van der Waals surface area contributed by atoms with Crippen LogP contribution in [0.3, 0.4) is 0 Å². The molecule has 1 fully saturated rings. The summed E-state index contributed by atoms with van der Waals surface area (Å²) in [6.45, 7) is 0.259. The number of hydrogen-bond acceptors (Lipinski definition) is 6. The number of nitrogens with one attached hydrogen (secondary N) is 1. The fraction of sp³-hybridized carbons (Fsp3) is 0.348. The molecule has 0 bridgehead atoms. The number of nitro groups is 1. The van der Waals surface area contributed by atoms with E-state index in [9.17, 15) is 14.9 Å². The summed E-state index contributed by atoms with van der Waals surface area (Å²) in [5.41, 5.74) is 2.60. The Morgan fingerprint density at radius 1 is 1.03 bits per heavy atom. The smallest absolute Gasteiger partial charge is 0.292 e. The Labute approximate surface area is 185 Å². The first-order valence-corrected chi connectivity index (χ1v) is 10.9. The Hall–Kier alpha value is -3.75. The minimum absolute atomic E-state index is 0.0404. The molecule has 1 aliphatic carbocycles. The number of carbonyl (C=O) groups is 1. The van der Waals surface area contributed by atoms with Crippen molar-refractivity contribution >= 4 is 17.3 Å². The highest BCUT2D eigenvalue weighted by Crippen LogP contribution is 2.39. The fourth-order valence-corrected chi connectivity index (χ4v) is 4.81. The van der Waals surface area contributed by atoms with Crippen LogP contribution in [-0.2, 0) is 11.3 Å². The molecule has 164 valence electrons. The Morgan fingerprint density at radius 2 is 1.75 bits per heavy atom. The first kappa shape index (κ1) is 20.2. The number of nitrogens with zero attached hydrogens (tertiary/aromatic N) is 5. The predicted molar refractivity (Wildman–Crippen MR) is 118 cm³/mol. The maximum Gasteiger partial charge on any atom is 0.292 e. The van der Waals surface area contributed by atoms with Gasteiger partial charge in [-0.05, 0) is 25.0 Å². The Bertz CT molecular complexity index is 1150. The van der Waals surface area contributed by atoms with Gasteiger partial charge in [-0.3, -0.25) is 14.9 Å². The number of hydrogen-bond donors (Lipinski definition) is 1. The molecular formula is C23H24N6O3. The lowest BCUT2D eigenvalue weighted by molar-refractivity contribution is -0.384. The molecule has 1 unspecified atom stereocenters. The first-order valence-electron chi connectivity index (χ1n) is 10.9. The fourth-order valence-electron chi connectivity index (χ4n) is 4.81. The van der Waals surface area contributed by atoms with E-state index in [1.807, 2.05) is 24.3 Å². The molecule has 1 N–H and O–H groups in total. The van der Waals surface area contributed by atoms with E-state index in [1.54, 1.807) is 34.0 Å². The highest BCUT2D eigenvalue weighted by atomic mass is 16.6. The Morgan fingerprint density at radius 3 is 2.53 bits per heavy atom.